The van der Waals surface area contributed by atoms with Crippen LogP contribution in [0.3, 0.4) is 0 Å². The number of aromatic nitrogens is 1. The molecular weight excluding hydrogens is 360 g/mol. The van der Waals surface area contributed by atoms with Crippen molar-refractivity contribution in [3.63, 3.8) is 0 Å². The van der Waals surface area contributed by atoms with Gasteiger partial charge >= 0.3 is 0 Å². The van der Waals surface area contributed by atoms with E-state index in [1.54, 1.807) is 13.0 Å². The molecule has 1 N–H and O–H groups in total. The molecule has 1 heterocycles. The van der Waals surface area contributed by atoms with E-state index in [1.165, 1.54) is 44.9 Å². The topological polar surface area (TPSA) is 55.1 Å². The molecule has 0 bridgehead atoms. The van der Waals surface area contributed by atoms with Gasteiger partial charge in [-0.25, -0.2) is 0 Å². The molecule has 0 aliphatic carbocycles. The quantitative estimate of drug-likeness (QED) is 0.417. The van der Waals surface area contributed by atoms with Gasteiger partial charge in [-0.1, -0.05) is 93.2 Å². The average molecular weight is 391 g/mol. The van der Waals surface area contributed by atoms with E-state index in [-0.39, 0.29) is 5.91 Å². The number of hydrogen-bond acceptors (Lipinski definition) is 3. The first-order valence-corrected chi connectivity index (χ1v) is 10.5. The van der Waals surface area contributed by atoms with Crippen molar-refractivity contribution in [3.8, 4) is 11.3 Å². The Morgan fingerprint density at radius 2 is 1.67 bits per heavy atom. The standard InChI is InChI=1S/C22H31ClN2O2/c1-3-4-5-6-7-8-9-10-13-16-24-22(26)20-17(2)27-25-21(20)18-14-11-12-15-19(18)23/h11-12,14-15H,3-10,13,16H2,1-2H3,(H,24,26). The molecule has 0 unspecified atom stereocenters. The Hall–Kier alpha value is -1.81. The van der Waals surface area contributed by atoms with Crippen molar-refractivity contribution in [3.05, 3.63) is 40.6 Å². The molecule has 0 saturated heterocycles. The average Bonchev–Trinajstić information content (AvgIpc) is 3.05. The molecule has 0 spiro atoms. The van der Waals surface area contributed by atoms with Crippen LogP contribution < -0.4 is 5.32 Å². The van der Waals surface area contributed by atoms with Crippen LogP contribution in [0.2, 0.25) is 5.02 Å². The maximum atomic E-state index is 12.6. The molecule has 5 heteroatoms. The number of nitrogens with zero attached hydrogens (tertiary/aromatic N) is 1. The summed E-state index contributed by atoms with van der Waals surface area (Å²) in [6.45, 7) is 4.66. The van der Waals surface area contributed by atoms with Crippen LogP contribution in [0.5, 0.6) is 0 Å². The van der Waals surface area contributed by atoms with Crippen molar-refractivity contribution in [2.45, 2.75) is 71.6 Å². The number of amides is 1. The van der Waals surface area contributed by atoms with E-state index in [1.807, 2.05) is 18.2 Å². The second-order valence-corrected chi connectivity index (χ2v) is 7.43. The van der Waals surface area contributed by atoms with Gasteiger partial charge in [-0.3, -0.25) is 4.79 Å². The van der Waals surface area contributed by atoms with Crippen LogP contribution in [0.1, 0.15) is 80.8 Å². The molecule has 0 fully saturated rings. The molecule has 148 valence electrons. The first-order valence-electron chi connectivity index (χ1n) is 10.1. The van der Waals surface area contributed by atoms with Crippen molar-refractivity contribution in [1.29, 1.82) is 0 Å². The van der Waals surface area contributed by atoms with Gasteiger partial charge in [0.1, 0.15) is 17.0 Å². The monoisotopic (exact) mass is 390 g/mol. The number of unbranched alkanes of at least 4 members (excludes halogenated alkanes) is 8. The first-order chi connectivity index (χ1) is 13.1. The maximum absolute atomic E-state index is 12.6. The number of hydrogen-bond donors (Lipinski definition) is 1. The minimum absolute atomic E-state index is 0.150. The summed E-state index contributed by atoms with van der Waals surface area (Å²) in [4.78, 5) is 12.6. The lowest BCUT2D eigenvalue weighted by atomic mass is 10.1. The smallest absolute Gasteiger partial charge is 0.257 e. The zero-order valence-electron chi connectivity index (χ0n) is 16.5. The fourth-order valence-electron chi connectivity index (χ4n) is 3.20. The Balaban J connectivity index is 1.76. The second-order valence-electron chi connectivity index (χ2n) is 7.03. The van der Waals surface area contributed by atoms with Gasteiger partial charge in [-0.2, -0.15) is 0 Å². The van der Waals surface area contributed by atoms with Crippen LogP contribution in [0.4, 0.5) is 0 Å². The Kier molecular flexibility index (Phi) is 9.40. The minimum atomic E-state index is -0.150. The second kappa shape index (κ2) is 11.8. The summed E-state index contributed by atoms with van der Waals surface area (Å²) in [7, 11) is 0. The summed E-state index contributed by atoms with van der Waals surface area (Å²) in [6, 6.07) is 7.35. The van der Waals surface area contributed by atoms with E-state index in [4.69, 9.17) is 16.1 Å². The van der Waals surface area contributed by atoms with Gasteiger partial charge in [0.15, 0.2) is 0 Å². The van der Waals surface area contributed by atoms with Gasteiger partial charge in [0.25, 0.3) is 5.91 Å². The molecule has 0 aliphatic heterocycles. The van der Waals surface area contributed by atoms with Crippen LogP contribution in [0.15, 0.2) is 28.8 Å². The van der Waals surface area contributed by atoms with Gasteiger partial charge in [-0.15, -0.1) is 0 Å². The van der Waals surface area contributed by atoms with E-state index in [0.29, 0.717) is 34.1 Å². The van der Waals surface area contributed by atoms with Crippen LogP contribution in [0.25, 0.3) is 11.3 Å². The van der Waals surface area contributed by atoms with Gasteiger partial charge in [0.2, 0.25) is 0 Å². The fraction of sp³-hybridized carbons (Fsp3) is 0.545. The first kappa shape index (κ1) is 21.5. The number of aryl methyl sites for hydroxylation is 1. The SMILES string of the molecule is CCCCCCCCCCCNC(=O)c1c(-c2ccccc2Cl)noc1C. The van der Waals surface area contributed by atoms with Crippen LogP contribution in [0, 0.1) is 6.92 Å². The lowest BCUT2D eigenvalue weighted by Crippen LogP contribution is -2.25. The molecule has 2 rings (SSSR count). The molecule has 1 aromatic carbocycles. The maximum Gasteiger partial charge on any atom is 0.257 e. The Bertz CT molecular complexity index is 712. The van der Waals surface area contributed by atoms with Crippen molar-refractivity contribution in [2.24, 2.45) is 0 Å². The highest BCUT2D eigenvalue weighted by Gasteiger charge is 2.22. The van der Waals surface area contributed by atoms with E-state index in [9.17, 15) is 4.79 Å². The molecule has 0 atom stereocenters. The Morgan fingerprint density at radius 1 is 1.04 bits per heavy atom. The summed E-state index contributed by atoms with van der Waals surface area (Å²) < 4.78 is 5.26. The van der Waals surface area contributed by atoms with Crippen molar-refractivity contribution in [1.82, 2.24) is 10.5 Å². The summed E-state index contributed by atoms with van der Waals surface area (Å²) in [6.07, 6.45) is 11.3. The van der Waals surface area contributed by atoms with Gasteiger partial charge < -0.3 is 9.84 Å². The number of nitrogens with one attached hydrogen (secondary N) is 1. The molecule has 0 saturated carbocycles. The minimum Gasteiger partial charge on any atom is -0.360 e. The highest BCUT2D eigenvalue weighted by molar-refractivity contribution is 6.33. The number of rotatable bonds is 12. The van der Waals surface area contributed by atoms with E-state index < -0.39 is 0 Å². The highest BCUT2D eigenvalue weighted by Crippen LogP contribution is 2.30. The van der Waals surface area contributed by atoms with Crippen molar-refractivity contribution < 1.29 is 9.32 Å². The fourth-order valence-corrected chi connectivity index (χ4v) is 3.43. The summed E-state index contributed by atoms with van der Waals surface area (Å²) in [5.41, 5.74) is 1.69. The van der Waals surface area contributed by atoms with Crippen LogP contribution >= 0.6 is 11.6 Å². The number of benzene rings is 1. The van der Waals surface area contributed by atoms with E-state index >= 15 is 0 Å². The number of halogens is 1. The third-order valence-corrected chi connectivity index (χ3v) is 5.11. The molecular formula is C22H31ClN2O2. The van der Waals surface area contributed by atoms with E-state index in [0.717, 1.165) is 12.8 Å². The largest absolute Gasteiger partial charge is 0.360 e. The molecule has 1 amide bonds. The summed E-state index contributed by atoms with van der Waals surface area (Å²) >= 11 is 6.25. The van der Waals surface area contributed by atoms with Crippen molar-refractivity contribution >= 4 is 17.5 Å². The molecule has 4 nitrogen and oxygen atoms in total. The van der Waals surface area contributed by atoms with Crippen LogP contribution in [-0.2, 0) is 0 Å². The normalized spacial score (nSPS) is 10.9. The zero-order valence-corrected chi connectivity index (χ0v) is 17.3. The molecule has 2 aromatic rings. The van der Waals surface area contributed by atoms with Gasteiger partial charge in [0, 0.05) is 12.1 Å². The third-order valence-electron chi connectivity index (χ3n) is 4.78. The molecule has 0 radical (unpaired) electrons. The highest BCUT2D eigenvalue weighted by atomic mass is 35.5. The molecule has 27 heavy (non-hydrogen) atoms. The molecule has 0 aliphatic rings. The van der Waals surface area contributed by atoms with Gasteiger partial charge in [-0.05, 0) is 19.4 Å². The number of carbonyl (C=O) groups is 1. The lowest BCUT2D eigenvalue weighted by Gasteiger charge is -2.07. The van der Waals surface area contributed by atoms with Crippen LogP contribution in [-0.4, -0.2) is 17.6 Å². The predicted octanol–water partition coefficient (Wildman–Crippen LogP) is 6.56. The molecule has 1 aromatic heterocycles. The van der Waals surface area contributed by atoms with Crippen molar-refractivity contribution in [2.75, 3.05) is 6.54 Å². The Labute approximate surface area is 167 Å². The zero-order chi connectivity index (χ0) is 19.5. The predicted molar refractivity (Wildman–Crippen MR) is 111 cm³/mol. The summed E-state index contributed by atoms with van der Waals surface area (Å²) in [5.74, 6) is 0.359. The summed E-state index contributed by atoms with van der Waals surface area (Å²) in [5, 5.41) is 7.59. The lowest BCUT2D eigenvalue weighted by molar-refractivity contribution is 0.0952. The number of carbonyl (C=O) groups excluding carboxylic acids is 1. The Morgan fingerprint density at radius 3 is 2.33 bits per heavy atom. The third kappa shape index (κ3) is 6.69. The van der Waals surface area contributed by atoms with Gasteiger partial charge in [0.05, 0.1) is 5.02 Å². The van der Waals surface area contributed by atoms with E-state index in [2.05, 4.69) is 17.4 Å².